The first-order chi connectivity index (χ1) is 8.90. The molecule has 1 rings (SSSR count). The molecule has 0 aromatic carbocycles. The van der Waals surface area contributed by atoms with Crippen molar-refractivity contribution in [3.05, 3.63) is 18.2 Å². The van der Waals surface area contributed by atoms with Gasteiger partial charge in [-0.1, -0.05) is 0 Å². The Morgan fingerprint density at radius 3 is 2.63 bits per heavy atom. The molecule has 1 heterocycles. The number of aromatic nitrogens is 2. The number of amides is 2. The number of aliphatic carboxylic acids is 2. The third-order valence-electron chi connectivity index (χ3n) is 2.26. The molecule has 104 valence electrons. The number of carbonyl (C=O) groups is 3. The number of nitrogens with one attached hydrogen (secondary N) is 2. The van der Waals surface area contributed by atoms with Gasteiger partial charge in [0.2, 0.25) is 0 Å². The predicted molar refractivity (Wildman–Crippen MR) is 62.3 cm³/mol. The average Bonchev–Trinajstić information content (AvgIpc) is 2.79. The zero-order valence-corrected chi connectivity index (χ0v) is 10.2. The number of carboxylic acids is 2. The summed E-state index contributed by atoms with van der Waals surface area (Å²) in [5.74, 6) is -2.17. The lowest BCUT2D eigenvalue weighted by Gasteiger charge is -2.19. The lowest BCUT2D eigenvalue weighted by Crippen LogP contribution is -2.47. The molecule has 1 aromatic heterocycles. The third kappa shape index (κ3) is 4.66. The van der Waals surface area contributed by atoms with E-state index in [-0.39, 0.29) is 6.54 Å². The molecule has 1 atom stereocenters. The second kappa shape index (κ2) is 6.38. The average molecular weight is 270 g/mol. The fourth-order valence-corrected chi connectivity index (χ4v) is 1.31. The maximum Gasteiger partial charge on any atom is 0.326 e. The molecule has 9 heteroatoms. The van der Waals surface area contributed by atoms with E-state index in [1.807, 2.05) is 0 Å². The summed E-state index contributed by atoms with van der Waals surface area (Å²) < 4.78 is 0. The molecular weight excluding hydrogens is 256 g/mol. The highest BCUT2D eigenvalue weighted by Crippen LogP contribution is 1.99. The van der Waals surface area contributed by atoms with E-state index in [4.69, 9.17) is 10.2 Å². The Hall–Kier alpha value is -2.58. The highest BCUT2D eigenvalue weighted by Gasteiger charge is 2.24. The normalized spacial score (nSPS) is 11.6. The van der Waals surface area contributed by atoms with Gasteiger partial charge < -0.3 is 25.4 Å². The highest BCUT2D eigenvalue weighted by molar-refractivity contribution is 5.86. The quantitative estimate of drug-likeness (QED) is 0.549. The Balaban J connectivity index is 2.56. The third-order valence-corrected chi connectivity index (χ3v) is 2.26. The van der Waals surface area contributed by atoms with E-state index in [1.54, 1.807) is 6.20 Å². The Morgan fingerprint density at radius 1 is 1.47 bits per heavy atom. The molecule has 0 spiro atoms. The van der Waals surface area contributed by atoms with Crippen molar-refractivity contribution < 1.29 is 24.6 Å². The predicted octanol–water partition coefficient (Wildman–Crippen LogP) is -0.521. The Labute approximate surface area is 108 Å². The van der Waals surface area contributed by atoms with Crippen LogP contribution in [0.15, 0.2) is 12.4 Å². The topological polar surface area (TPSA) is 136 Å². The first-order valence-electron chi connectivity index (χ1n) is 5.34. The lowest BCUT2D eigenvalue weighted by atomic mass is 10.2. The number of hydrogen-bond acceptors (Lipinski definition) is 4. The number of carboxylic acid groups (broad SMARTS) is 2. The number of aromatic amines is 1. The Bertz CT molecular complexity index is 458. The van der Waals surface area contributed by atoms with Crippen LogP contribution in [-0.2, 0) is 16.1 Å². The summed E-state index contributed by atoms with van der Waals surface area (Å²) in [6.45, 7) is 0.151. The maximum atomic E-state index is 11.7. The van der Waals surface area contributed by atoms with Gasteiger partial charge in [-0.05, 0) is 0 Å². The molecule has 0 aliphatic carbocycles. The van der Waals surface area contributed by atoms with Gasteiger partial charge in [0.05, 0.1) is 13.0 Å². The standard InChI is InChI=1S/C10H14N4O5/c1-14(5-7-11-2-3-12-7)10(19)13-6(9(17)18)4-8(15)16/h2-3,6H,4-5H2,1H3,(H,11,12)(H,13,19)(H,15,16)(H,17,18)/t6-/m1/s1. The minimum Gasteiger partial charge on any atom is -0.481 e. The van der Waals surface area contributed by atoms with Crippen LogP contribution in [0.25, 0.3) is 0 Å². The molecule has 9 nitrogen and oxygen atoms in total. The Kier molecular flexibility index (Phi) is 4.86. The molecule has 2 amide bonds. The number of rotatable bonds is 6. The molecule has 19 heavy (non-hydrogen) atoms. The molecule has 0 saturated carbocycles. The summed E-state index contributed by atoms with van der Waals surface area (Å²) in [4.78, 5) is 40.8. The molecule has 0 fully saturated rings. The number of H-pyrrole nitrogens is 1. The van der Waals surface area contributed by atoms with Crippen LogP contribution in [0.3, 0.4) is 0 Å². The number of carbonyl (C=O) groups excluding carboxylic acids is 1. The van der Waals surface area contributed by atoms with Crippen LogP contribution in [0.1, 0.15) is 12.2 Å². The first kappa shape index (κ1) is 14.5. The van der Waals surface area contributed by atoms with Crippen LogP contribution in [-0.4, -0.2) is 56.1 Å². The molecule has 0 aliphatic heterocycles. The summed E-state index contributed by atoms with van der Waals surface area (Å²) >= 11 is 0. The maximum absolute atomic E-state index is 11.7. The molecular formula is C10H14N4O5. The van der Waals surface area contributed by atoms with Crippen LogP contribution < -0.4 is 5.32 Å². The summed E-state index contributed by atoms with van der Waals surface area (Å²) in [6, 6.07) is -2.16. The lowest BCUT2D eigenvalue weighted by molar-refractivity contribution is -0.145. The van der Waals surface area contributed by atoms with E-state index >= 15 is 0 Å². The van der Waals surface area contributed by atoms with Gasteiger partial charge in [0.25, 0.3) is 0 Å². The number of nitrogens with zero attached hydrogens (tertiary/aromatic N) is 2. The van der Waals surface area contributed by atoms with Crippen molar-refractivity contribution in [2.75, 3.05) is 7.05 Å². The molecule has 0 aliphatic rings. The van der Waals surface area contributed by atoms with Crippen molar-refractivity contribution in [2.24, 2.45) is 0 Å². The summed E-state index contributed by atoms with van der Waals surface area (Å²) in [7, 11) is 1.44. The van der Waals surface area contributed by atoms with E-state index in [0.717, 1.165) is 0 Å². The van der Waals surface area contributed by atoms with Crippen molar-refractivity contribution in [1.29, 1.82) is 0 Å². The fourth-order valence-electron chi connectivity index (χ4n) is 1.31. The van der Waals surface area contributed by atoms with Gasteiger partial charge in [0, 0.05) is 19.4 Å². The van der Waals surface area contributed by atoms with Gasteiger partial charge >= 0.3 is 18.0 Å². The smallest absolute Gasteiger partial charge is 0.326 e. The van der Waals surface area contributed by atoms with Gasteiger partial charge in [0.1, 0.15) is 11.9 Å². The molecule has 0 unspecified atom stereocenters. The second-order valence-corrected chi connectivity index (χ2v) is 3.83. The second-order valence-electron chi connectivity index (χ2n) is 3.83. The van der Waals surface area contributed by atoms with E-state index in [1.165, 1.54) is 18.1 Å². The van der Waals surface area contributed by atoms with Crippen molar-refractivity contribution in [1.82, 2.24) is 20.2 Å². The van der Waals surface area contributed by atoms with E-state index in [2.05, 4.69) is 15.3 Å². The zero-order chi connectivity index (χ0) is 14.4. The molecule has 0 bridgehead atoms. The van der Waals surface area contributed by atoms with Crippen molar-refractivity contribution >= 4 is 18.0 Å². The molecule has 0 saturated heterocycles. The zero-order valence-electron chi connectivity index (χ0n) is 10.2. The number of imidazole rings is 1. The molecule has 4 N–H and O–H groups in total. The first-order valence-corrected chi connectivity index (χ1v) is 5.34. The van der Waals surface area contributed by atoms with Crippen LogP contribution >= 0.6 is 0 Å². The molecule has 1 aromatic rings. The summed E-state index contributed by atoms with van der Waals surface area (Å²) in [5.41, 5.74) is 0. The van der Waals surface area contributed by atoms with Crippen LogP contribution in [0.4, 0.5) is 4.79 Å². The van der Waals surface area contributed by atoms with Crippen LogP contribution in [0, 0.1) is 0 Å². The van der Waals surface area contributed by atoms with Crippen LogP contribution in [0.5, 0.6) is 0 Å². The minimum atomic E-state index is -1.47. The monoisotopic (exact) mass is 270 g/mol. The van der Waals surface area contributed by atoms with Crippen molar-refractivity contribution in [3.63, 3.8) is 0 Å². The van der Waals surface area contributed by atoms with Gasteiger partial charge in [-0.2, -0.15) is 0 Å². The number of hydrogen-bond donors (Lipinski definition) is 4. The van der Waals surface area contributed by atoms with E-state index < -0.39 is 30.4 Å². The van der Waals surface area contributed by atoms with Gasteiger partial charge in [-0.15, -0.1) is 0 Å². The highest BCUT2D eigenvalue weighted by atomic mass is 16.4. The van der Waals surface area contributed by atoms with Crippen molar-refractivity contribution in [3.8, 4) is 0 Å². The van der Waals surface area contributed by atoms with Gasteiger partial charge in [-0.3, -0.25) is 4.79 Å². The fraction of sp³-hybridized carbons (Fsp3) is 0.400. The summed E-state index contributed by atoms with van der Waals surface area (Å²) in [5, 5.41) is 19.5. The molecule has 0 radical (unpaired) electrons. The largest absolute Gasteiger partial charge is 0.481 e. The van der Waals surface area contributed by atoms with E-state index in [0.29, 0.717) is 5.82 Å². The van der Waals surface area contributed by atoms with Crippen LogP contribution in [0.2, 0.25) is 0 Å². The SMILES string of the molecule is CN(Cc1ncc[nH]1)C(=O)N[C@H](CC(=O)O)C(=O)O. The minimum absolute atomic E-state index is 0.151. The Morgan fingerprint density at radius 2 is 2.16 bits per heavy atom. The van der Waals surface area contributed by atoms with Crippen molar-refractivity contribution in [2.45, 2.75) is 19.0 Å². The van der Waals surface area contributed by atoms with E-state index in [9.17, 15) is 14.4 Å². The number of urea groups is 1. The van der Waals surface area contributed by atoms with Gasteiger partial charge in [-0.25, -0.2) is 14.6 Å². The van der Waals surface area contributed by atoms with Gasteiger partial charge in [0.15, 0.2) is 0 Å². The summed E-state index contributed by atoms with van der Waals surface area (Å²) in [6.07, 6.45) is 2.42.